The molecular weight excluding hydrogens is 224 g/mol. The average molecular weight is 237 g/mol. The van der Waals surface area contributed by atoms with Gasteiger partial charge in [0.15, 0.2) is 0 Å². The topological polar surface area (TPSA) is 79.0 Å². The molecule has 4 nitrogen and oxygen atoms in total. The molecule has 1 unspecified atom stereocenters. The third kappa shape index (κ3) is 3.69. The van der Waals surface area contributed by atoms with Crippen LogP contribution in [0, 0.1) is 13.8 Å². The molecular formula is C11H13N2O2S-. The van der Waals surface area contributed by atoms with Crippen molar-refractivity contribution < 1.29 is 8.76 Å². The maximum Gasteiger partial charge on any atom is 0.0454 e. The number of fused-ring (bicyclic) bond motifs is 1. The van der Waals surface area contributed by atoms with Gasteiger partial charge in [0.25, 0.3) is 0 Å². The van der Waals surface area contributed by atoms with Gasteiger partial charge < -0.3 is 4.55 Å². The summed E-state index contributed by atoms with van der Waals surface area (Å²) in [4.78, 5) is 4.40. The number of nitrogens with zero attached hydrogens (tertiary/aromatic N) is 1. The highest BCUT2D eigenvalue weighted by Gasteiger charge is 1.97. The summed E-state index contributed by atoms with van der Waals surface area (Å²) in [7, 11) is 0. The molecule has 1 aromatic carbocycles. The van der Waals surface area contributed by atoms with Crippen LogP contribution in [0.25, 0.3) is 10.8 Å². The van der Waals surface area contributed by atoms with Crippen LogP contribution in [0.15, 0.2) is 30.3 Å². The van der Waals surface area contributed by atoms with E-state index < -0.39 is 11.3 Å². The fourth-order valence-corrected chi connectivity index (χ4v) is 1.53. The zero-order chi connectivity index (χ0) is 12.1. The molecule has 0 amide bonds. The summed E-state index contributed by atoms with van der Waals surface area (Å²) in [6.45, 7) is 4.08. The van der Waals surface area contributed by atoms with Gasteiger partial charge in [0, 0.05) is 28.0 Å². The van der Waals surface area contributed by atoms with E-state index >= 15 is 0 Å². The molecule has 0 saturated carbocycles. The molecule has 1 aromatic heterocycles. The van der Waals surface area contributed by atoms with Crippen LogP contribution in [-0.4, -0.2) is 13.7 Å². The van der Waals surface area contributed by atoms with Gasteiger partial charge in [-0.2, -0.15) is 0 Å². The van der Waals surface area contributed by atoms with Crippen LogP contribution in [0.5, 0.6) is 0 Å². The molecule has 0 aliphatic carbocycles. The molecule has 16 heavy (non-hydrogen) atoms. The van der Waals surface area contributed by atoms with Crippen molar-refractivity contribution in [3.8, 4) is 0 Å². The first kappa shape index (κ1) is 12.8. The second-order valence-corrected chi connectivity index (χ2v) is 3.85. The SMILES string of the molecule is Cc1cc2ccccc2c(C)n1.NS(=O)[O-]. The van der Waals surface area contributed by atoms with Crippen molar-refractivity contribution in [1.82, 2.24) is 4.98 Å². The van der Waals surface area contributed by atoms with E-state index in [0.29, 0.717) is 0 Å². The summed E-state index contributed by atoms with van der Waals surface area (Å²) >= 11 is -2.36. The number of nitrogens with two attached hydrogens (primary N) is 1. The van der Waals surface area contributed by atoms with Crippen LogP contribution in [0.2, 0.25) is 0 Å². The second-order valence-electron chi connectivity index (χ2n) is 3.33. The van der Waals surface area contributed by atoms with E-state index in [2.05, 4.69) is 41.3 Å². The molecule has 86 valence electrons. The Morgan fingerprint density at radius 1 is 1.31 bits per heavy atom. The van der Waals surface area contributed by atoms with Crippen LogP contribution in [0.3, 0.4) is 0 Å². The highest BCUT2D eigenvalue weighted by molar-refractivity contribution is 7.76. The van der Waals surface area contributed by atoms with Crippen LogP contribution in [-0.2, 0) is 11.3 Å². The lowest BCUT2D eigenvalue weighted by Crippen LogP contribution is -1.97. The van der Waals surface area contributed by atoms with Crippen molar-refractivity contribution in [2.24, 2.45) is 5.14 Å². The average Bonchev–Trinajstić information content (AvgIpc) is 2.16. The Kier molecular flexibility index (Phi) is 4.54. The molecule has 0 aliphatic heterocycles. The molecule has 0 spiro atoms. The lowest BCUT2D eigenvalue weighted by molar-refractivity contribution is 0.539. The predicted octanol–water partition coefficient (Wildman–Crippen LogP) is 1.59. The lowest BCUT2D eigenvalue weighted by atomic mass is 10.1. The van der Waals surface area contributed by atoms with E-state index in [1.54, 1.807) is 0 Å². The Balaban J connectivity index is 0.000000280. The highest BCUT2D eigenvalue weighted by atomic mass is 32.2. The predicted molar refractivity (Wildman–Crippen MR) is 64.3 cm³/mol. The first-order chi connectivity index (χ1) is 7.50. The maximum absolute atomic E-state index is 8.78. The zero-order valence-corrected chi connectivity index (χ0v) is 9.95. The summed E-state index contributed by atoms with van der Waals surface area (Å²) in [5, 5.41) is 6.56. The minimum Gasteiger partial charge on any atom is -0.760 e. The first-order valence-electron chi connectivity index (χ1n) is 4.67. The smallest absolute Gasteiger partial charge is 0.0454 e. The number of aryl methyl sites for hydroxylation is 2. The molecule has 1 heterocycles. The zero-order valence-electron chi connectivity index (χ0n) is 9.14. The quantitative estimate of drug-likeness (QED) is 0.707. The number of pyridine rings is 1. The van der Waals surface area contributed by atoms with Gasteiger partial charge in [0.05, 0.1) is 0 Å². The molecule has 2 N–H and O–H groups in total. The lowest BCUT2D eigenvalue weighted by Gasteiger charge is -2.01. The summed E-state index contributed by atoms with van der Waals surface area (Å²) in [6, 6.07) is 10.4. The highest BCUT2D eigenvalue weighted by Crippen LogP contribution is 2.16. The number of aromatic nitrogens is 1. The van der Waals surface area contributed by atoms with Gasteiger partial charge in [0.1, 0.15) is 0 Å². The second kappa shape index (κ2) is 5.69. The number of hydrogen-bond donors (Lipinski definition) is 1. The first-order valence-corrected chi connectivity index (χ1v) is 5.81. The normalized spacial score (nSPS) is 11.8. The van der Waals surface area contributed by atoms with E-state index in [0.717, 1.165) is 11.4 Å². The van der Waals surface area contributed by atoms with Gasteiger partial charge in [0.2, 0.25) is 0 Å². The Morgan fingerprint density at radius 2 is 1.88 bits per heavy atom. The fourth-order valence-electron chi connectivity index (χ4n) is 1.53. The van der Waals surface area contributed by atoms with Gasteiger partial charge in [-0.1, -0.05) is 24.3 Å². The van der Waals surface area contributed by atoms with E-state index in [9.17, 15) is 0 Å². The Morgan fingerprint density at radius 3 is 2.50 bits per heavy atom. The number of benzene rings is 1. The summed E-state index contributed by atoms with van der Waals surface area (Å²) in [6.07, 6.45) is 0. The monoisotopic (exact) mass is 237 g/mol. The molecule has 2 aromatic rings. The van der Waals surface area contributed by atoms with Crippen molar-refractivity contribution in [2.75, 3.05) is 0 Å². The Hall–Kier alpha value is -1.30. The minimum atomic E-state index is -2.36. The van der Waals surface area contributed by atoms with E-state index in [1.807, 2.05) is 13.0 Å². The molecule has 5 heteroatoms. The standard InChI is InChI=1S/C11H11N.H3NO2S/c1-8-7-10-5-3-4-6-11(10)9(2)12-8;1-4(2)3/h3-7H,1-2H3;1H2,(H,2,3)/p-1. The minimum absolute atomic E-state index is 1.09. The molecule has 0 bridgehead atoms. The van der Waals surface area contributed by atoms with Crippen LogP contribution >= 0.6 is 0 Å². The summed E-state index contributed by atoms with van der Waals surface area (Å²) in [5.74, 6) is 0. The van der Waals surface area contributed by atoms with E-state index in [1.165, 1.54) is 10.8 Å². The Bertz CT molecular complexity index is 510. The van der Waals surface area contributed by atoms with Crippen molar-refractivity contribution in [3.05, 3.63) is 41.7 Å². The van der Waals surface area contributed by atoms with E-state index in [4.69, 9.17) is 8.76 Å². The van der Waals surface area contributed by atoms with Crippen LogP contribution in [0.1, 0.15) is 11.4 Å². The molecule has 1 atom stereocenters. The molecule has 0 saturated heterocycles. The summed E-state index contributed by atoms with van der Waals surface area (Å²) in [5.41, 5.74) is 2.21. The van der Waals surface area contributed by atoms with Gasteiger partial charge in [-0.3, -0.25) is 14.3 Å². The largest absolute Gasteiger partial charge is 0.760 e. The third-order valence-corrected chi connectivity index (χ3v) is 2.06. The Labute approximate surface area is 96.9 Å². The maximum atomic E-state index is 8.78. The van der Waals surface area contributed by atoms with Gasteiger partial charge in [-0.15, -0.1) is 0 Å². The molecule has 0 aliphatic rings. The number of hydrogen-bond acceptors (Lipinski definition) is 3. The van der Waals surface area contributed by atoms with E-state index in [-0.39, 0.29) is 0 Å². The van der Waals surface area contributed by atoms with Crippen molar-refractivity contribution >= 4 is 22.0 Å². The molecule has 0 radical (unpaired) electrons. The van der Waals surface area contributed by atoms with Crippen LogP contribution < -0.4 is 5.14 Å². The summed E-state index contributed by atoms with van der Waals surface area (Å²) < 4.78 is 17.6. The number of rotatable bonds is 0. The third-order valence-electron chi connectivity index (χ3n) is 2.06. The van der Waals surface area contributed by atoms with Gasteiger partial charge >= 0.3 is 0 Å². The van der Waals surface area contributed by atoms with Crippen molar-refractivity contribution in [2.45, 2.75) is 13.8 Å². The fraction of sp³-hybridized carbons (Fsp3) is 0.182. The van der Waals surface area contributed by atoms with Crippen molar-refractivity contribution in [3.63, 3.8) is 0 Å². The molecule has 0 fully saturated rings. The molecule has 2 rings (SSSR count). The van der Waals surface area contributed by atoms with Crippen LogP contribution in [0.4, 0.5) is 0 Å². The van der Waals surface area contributed by atoms with Gasteiger partial charge in [-0.25, -0.2) is 0 Å². The van der Waals surface area contributed by atoms with Crippen molar-refractivity contribution in [1.29, 1.82) is 0 Å². The van der Waals surface area contributed by atoms with Gasteiger partial charge in [-0.05, 0) is 25.3 Å².